The predicted molar refractivity (Wildman–Crippen MR) is 94.7 cm³/mol. The standard InChI is InChI=1S/C20H15FN4/c1-14-4-2-3-5-18(14)25-20(16-10-12-22-13-11-16)19(23-24-25)15-6-8-17(21)9-7-15/h2-13H,1H3. The molecule has 0 atom stereocenters. The molecule has 0 radical (unpaired) electrons. The second-order valence-corrected chi connectivity index (χ2v) is 5.73. The molecule has 4 aromatic rings. The minimum Gasteiger partial charge on any atom is -0.265 e. The van der Waals surface area contributed by atoms with Gasteiger partial charge in [-0.25, -0.2) is 9.07 Å². The van der Waals surface area contributed by atoms with E-state index >= 15 is 0 Å². The van der Waals surface area contributed by atoms with E-state index < -0.39 is 0 Å². The van der Waals surface area contributed by atoms with Crippen LogP contribution in [0.4, 0.5) is 4.39 Å². The summed E-state index contributed by atoms with van der Waals surface area (Å²) in [4.78, 5) is 4.09. The van der Waals surface area contributed by atoms with E-state index in [-0.39, 0.29) is 5.82 Å². The van der Waals surface area contributed by atoms with Crippen molar-refractivity contribution in [2.24, 2.45) is 0 Å². The van der Waals surface area contributed by atoms with Crippen LogP contribution in [-0.2, 0) is 0 Å². The molecule has 2 aromatic carbocycles. The van der Waals surface area contributed by atoms with Gasteiger partial charge in [0.1, 0.15) is 17.2 Å². The number of benzene rings is 2. The number of nitrogens with zero attached hydrogens (tertiary/aromatic N) is 4. The zero-order valence-corrected chi connectivity index (χ0v) is 13.6. The van der Waals surface area contributed by atoms with Crippen LogP contribution in [0.2, 0.25) is 0 Å². The number of hydrogen-bond acceptors (Lipinski definition) is 3. The van der Waals surface area contributed by atoms with Gasteiger partial charge in [0, 0.05) is 23.5 Å². The number of rotatable bonds is 3. The maximum atomic E-state index is 13.3. The van der Waals surface area contributed by atoms with Crippen LogP contribution in [0.25, 0.3) is 28.2 Å². The maximum absolute atomic E-state index is 13.3. The molecule has 4 nitrogen and oxygen atoms in total. The van der Waals surface area contributed by atoms with Gasteiger partial charge in [0.25, 0.3) is 0 Å². The number of aromatic nitrogens is 4. The number of halogens is 1. The van der Waals surface area contributed by atoms with Crippen molar-refractivity contribution in [2.45, 2.75) is 6.92 Å². The monoisotopic (exact) mass is 330 g/mol. The minimum absolute atomic E-state index is 0.277. The fourth-order valence-electron chi connectivity index (χ4n) is 2.82. The van der Waals surface area contributed by atoms with Gasteiger partial charge in [-0.15, -0.1) is 5.10 Å². The Kier molecular flexibility index (Phi) is 3.82. The third-order valence-corrected chi connectivity index (χ3v) is 4.09. The molecule has 0 amide bonds. The first kappa shape index (κ1) is 15.2. The molecule has 4 rings (SSSR count). The van der Waals surface area contributed by atoms with Gasteiger partial charge in [-0.1, -0.05) is 23.4 Å². The van der Waals surface area contributed by atoms with Crippen LogP contribution in [0.15, 0.2) is 73.1 Å². The lowest BCUT2D eigenvalue weighted by molar-refractivity contribution is 0.628. The highest BCUT2D eigenvalue weighted by atomic mass is 19.1. The van der Waals surface area contributed by atoms with Crippen LogP contribution in [0.3, 0.4) is 0 Å². The molecule has 0 saturated carbocycles. The molecule has 2 heterocycles. The van der Waals surface area contributed by atoms with Crippen LogP contribution in [0.1, 0.15) is 5.56 Å². The Hall–Kier alpha value is -3.34. The molecule has 0 aliphatic carbocycles. The first-order chi connectivity index (χ1) is 12.2. The van der Waals surface area contributed by atoms with Crippen molar-refractivity contribution in [1.82, 2.24) is 20.0 Å². The molecule has 0 spiro atoms. The van der Waals surface area contributed by atoms with Crippen molar-refractivity contribution in [3.05, 3.63) is 84.4 Å². The SMILES string of the molecule is Cc1ccccc1-n1nnc(-c2ccc(F)cc2)c1-c1ccncc1. The fourth-order valence-corrected chi connectivity index (χ4v) is 2.82. The molecule has 0 unspecified atom stereocenters. The Morgan fingerprint density at radius 1 is 0.840 bits per heavy atom. The summed E-state index contributed by atoms with van der Waals surface area (Å²) in [6, 6.07) is 18.1. The lowest BCUT2D eigenvalue weighted by Gasteiger charge is -2.10. The maximum Gasteiger partial charge on any atom is 0.123 e. The Bertz CT molecular complexity index is 1010. The molecular weight excluding hydrogens is 315 g/mol. The van der Waals surface area contributed by atoms with Crippen LogP contribution in [-0.4, -0.2) is 20.0 Å². The van der Waals surface area contributed by atoms with E-state index in [1.54, 1.807) is 24.5 Å². The molecule has 25 heavy (non-hydrogen) atoms. The largest absolute Gasteiger partial charge is 0.265 e. The van der Waals surface area contributed by atoms with Crippen molar-refractivity contribution in [3.63, 3.8) is 0 Å². The Balaban J connectivity index is 1.98. The summed E-state index contributed by atoms with van der Waals surface area (Å²) >= 11 is 0. The number of para-hydroxylation sites is 1. The Morgan fingerprint density at radius 2 is 1.56 bits per heavy atom. The first-order valence-electron chi connectivity index (χ1n) is 7.92. The summed E-state index contributed by atoms with van der Waals surface area (Å²) in [5, 5.41) is 8.75. The smallest absolute Gasteiger partial charge is 0.123 e. The van der Waals surface area contributed by atoms with Gasteiger partial charge in [-0.05, 0) is 55.0 Å². The quantitative estimate of drug-likeness (QED) is 0.557. The summed E-state index contributed by atoms with van der Waals surface area (Å²) < 4.78 is 15.1. The zero-order chi connectivity index (χ0) is 17.2. The average molecular weight is 330 g/mol. The molecule has 5 heteroatoms. The van der Waals surface area contributed by atoms with Gasteiger partial charge in [0.2, 0.25) is 0 Å². The van der Waals surface area contributed by atoms with Crippen LogP contribution < -0.4 is 0 Å². The Morgan fingerprint density at radius 3 is 2.28 bits per heavy atom. The highest BCUT2D eigenvalue weighted by Gasteiger charge is 2.18. The molecule has 0 aliphatic rings. The van der Waals surface area contributed by atoms with Crippen molar-refractivity contribution < 1.29 is 4.39 Å². The average Bonchev–Trinajstić information content (AvgIpc) is 3.08. The first-order valence-corrected chi connectivity index (χ1v) is 7.92. The van der Waals surface area contributed by atoms with Crippen molar-refractivity contribution in [2.75, 3.05) is 0 Å². The summed E-state index contributed by atoms with van der Waals surface area (Å²) in [5.74, 6) is -0.277. The summed E-state index contributed by atoms with van der Waals surface area (Å²) in [6.45, 7) is 2.03. The molecule has 0 N–H and O–H groups in total. The minimum atomic E-state index is -0.277. The fraction of sp³-hybridized carbons (Fsp3) is 0.0500. The lowest BCUT2D eigenvalue weighted by atomic mass is 10.0. The van der Waals surface area contributed by atoms with Gasteiger partial charge in [0.05, 0.1) is 5.69 Å². The second-order valence-electron chi connectivity index (χ2n) is 5.73. The number of hydrogen-bond donors (Lipinski definition) is 0. The molecule has 122 valence electrons. The van der Waals surface area contributed by atoms with E-state index in [4.69, 9.17) is 0 Å². The van der Waals surface area contributed by atoms with Crippen molar-refractivity contribution in [1.29, 1.82) is 0 Å². The molecule has 0 fully saturated rings. The summed E-state index contributed by atoms with van der Waals surface area (Å²) in [7, 11) is 0. The highest BCUT2D eigenvalue weighted by molar-refractivity contribution is 5.79. The van der Waals surface area contributed by atoms with E-state index in [1.807, 2.05) is 48.0 Å². The van der Waals surface area contributed by atoms with Gasteiger partial charge >= 0.3 is 0 Å². The van der Waals surface area contributed by atoms with Crippen molar-refractivity contribution >= 4 is 0 Å². The van der Waals surface area contributed by atoms with Crippen molar-refractivity contribution in [3.8, 4) is 28.2 Å². The second kappa shape index (κ2) is 6.28. The van der Waals surface area contributed by atoms with Gasteiger partial charge < -0.3 is 0 Å². The van der Waals surface area contributed by atoms with Crippen LogP contribution in [0, 0.1) is 12.7 Å². The van der Waals surface area contributed by atoms with Gasteiger partial charge in [0.15, 0.2) is 0 Å². The van der Waals surface area contributed by atoms with Crippen LogP contribution >= 0.6 is 0 Å². The number of aryl methyl sites for hydroxylation is 1. The highest BCUT2D eigenvalue weighted by Crippen LogP contribution is 2.32. The van der Waals surface area contributed by atoms with Gasteiger partial charge in [-0.2, -0.15) is 0 Å². The summed E-state index contributed by atoms with van der Waals surface area (Å²) in [5.41, 5.74) is 5.36. The molecular formula is C20H15FN4. The topological polar surface area (TPSA) is 43.6 Å². The van der Waals surface area contributed by atoms with E-state index in [0.29, 0.717) is 5.69 Å². The molecule has 2 aromatic heterocycles. The number of pyridine rings is 1. The summed E-state index contributed by atoms with van der Waals surface area (Å²) in [6.07, 6.45) is 3.47. The predicted octanol–water partition coefficient (Wildman–Crippen LogP) is 4.44. The molecule has 0 aliphatic heterocycles. The van der Waals surface area contributed by atoms with E-state index in [0.717, 1.165) is 28.1 Å². The van der Waals surface area contributed by atoms with E-state index in [1.165, 1.54) is 12.1 Å². The third kappa shape index (κ3) is 2.80. The van der Waals surface area contributed by atoms with E-state index in [9.17, 15) is 4.39 Å². The zero-order valence-electron chi connectivity index (χ0n) is 13.6. The molecule has 0 bridgehead atoms. The Labute approximate surface area is 144 Å². The normalized spacial score (nSPS) is 10.8. The van der Waals surface area contributed by atoms with Gasteiger partial charge in [-0.3, -0.25) is 4.98 Å². The third-order valence-electron chi connectivity index (χ3n) is 4.09. The van der Waals surface area contributed by atoms with E-state index in [2.05, 4.69) is 15.3 Å². The molecule has 0 saturated heterocycles. The lowest BCUT2D eigenvalue weighted by Crippen LogP contribution is -2.01. The van der Waals surface area contributed by atoms with Crippen LogP contribution in [0.5, 0.6) is 0 Å².